The van der Waals surface area contributed by atoms with Crippen molar-refractivity contribution >= 4 is 0 Å². The Morgan fingerprint density at radius 3 is 2.40 bits per heavy atom. The number of rotatable bonds is 6. The summed E-state index contributed by atoms with van der Waals surface area (Å²) in [7, 11) is 2.00. The summed E-state index contributed by atoms with van der Waals surface area (Å²) >= 11 is 0. The van der Waals surface area contributed by atoms with E-state index in [0.717, 1.165) is 30.7 Å². The molecule has 3 heteroatoms. The lowest BCUT2D eigenvalue weighted by Gasteiger charge is -2.35. The van der Waals surface area contributed by atoms with Gasteiger partial charge in [0, 0.05) is 25.7 Å². The Kier molecular flexibility index (Phi) is 5.64. The molecule has 3 nitrogen and oxygen atoms in total. The maximum Gasteiger partial charge on any atom is 0.0640 e. The summed E-state index contributed by atoms with van der Waals surface area (Å²) in [6.45, 7) is 8.02. The second-order valence-electron chi connectivity index (χ2n) is 6.77. The van der Waals surface area contributed by atoms with Crippen molar-refractivity contribution in [2.45, 2.75) is 58.9 Å². The van der Waals surface area contributed by atoms with Crippen LogP contribution >= 0.6 is 0 Å². The van der Waals surface area contributed by atoms with Gasteiger partial charge in [0.05, 0.1) is 5.69 Å². The zero-order valence-electron chi connectivity index (χ0n) is 13.6. The third-order valence-corrected chi connectivity index (χ3v) is 4.99. The van der Waals surface area contributed by atoms with E-state index in [-0.39, 0.29) is 0 Å². The van der Waals surface area contributed by atoms with Gasteiger partial charge in [-0.05, 0) is 56.0 Å². The van der Waals surface area contributed by atoms with Gasteiger partial charge in [0.2, 0.25) is 0 Å². The fourth-order valence-electron chi connectivity index (χ4n) is 3.68. The van der Waals surface area contributed by atoms with Crippen LogP contribution in [0.2, 0.25) is 0 Å². The molecule has 0 aromatic carbocycles. The quantitative estimate of drug-likeness (QED) is 0.863. The van der Waals surface area contributed by atoms with Crippen molar-refractivity contribution in [1.82, 2.24) is 15.1 Å². The Hall–Kier alpha value is -0.830. The van der Waals surface area contributed by atoms with Gasteiger partial charge in [-0.25, -0.2) is 0 Å². The number of hydrogen-bond acceptors (Lipinski definition) is 2. The lowest BCUT2D eigenvalue weighted by molar-refractivity contribution is 0.188. The Morgan fingerprint density at radius 2 is 1.90 bits per heavy atom. The highest BCUT2D eigenvalue weighted by atomic mass is 15.2. The van der Waals surface area contributed by atoms with Crippen LogP contribution < -0.4 is 5.32 Å². The van der Waals surface area contributed by atoms with E-state index in [9.17, 15) is 0 Å². The van der Waals surface area contributed by atoms with Crippen molar-refractivity contribution in [3.8, 4) is 0 Å². The average molecular weight is 277 g/mol. The van der Waals surface area contributed by atoms with Gasteiger partial charge in [-0.2, -0.15) is 5.10 Å². The van der Waals surface area contributed by atoms with E-state index in [2.05, 4.69) is 37.3 Å². The monoisotopic (exact) mass is 277 g/mol. The lowest BCUT2D eigenvalue weighted by Crippen LogP contribution is -2.40. The summed E-state index contributed by atoms with van der Waals surface area (Å²) in [4.78, 5) is 0. The molecule has 1 unspecified atom stereocenters. The second kappa shape index (κ2) is 7.26. The van der Waals surface area contributed by atoms with Crippen molar-refractivity contribution in [1.29, 1.82) is 0 Å². The van der Waals surface area contributed by atoms with E-state index >= 15 is 0 Å². The minimum Gasteiger partial charge on any atom is -0.314 e. The molecule has 1 atom stereocenters. The minimum absolute atomic E-state index is 0.600. The van der Waals surface area contributed by atoms with Crippen LogP contribution in [0, 0.1) is 17.8 Å². The number of likely N-dealkylation sites (N-methyl/N-ethyl adjacent to an activating group) is 1. The van der Waals surface area contributed by atoms with Crippen molar-refractivity contribution < 1.29 is 0 Å². The van der Waals surface area contributed by atoms with Gasteiger partial charge in [0.25, 0.3) is 0 Å². The normalized spacial score (nSPS) is 25.1. The zero-order valence-corrected chi connectivity index (χ0v) is 13.6. The Bertz CT molecular complexity index is 389. The van der Waals surface area contributed by atoms with Gasteiger partial charge >= 0.3 is 0 Å². The molecule has 1 heterocycles. The molecule has 1 saturated carbocycles. The van der Waals surface area contributed by atoms with Crippen LogP contribution in [-0.2, 0) is 13.5 Å². The molecule has 0 radical (unpaired) electrons. The molecule has 0 bridgehead atoms. The molecule has 1 N–H and O–H groups in total. The molecule has 1 aromatic rings. The van der Waals surface area contributed by atoms with Gasteiger partial charge in [0.1, 0.15) is 0 Å². The van der Waals surface area contributed by atoms with Crippen LogP contribution in [-0.4, -0.2) is 22.4 Å². The number of nitrogens with one attached hydrogen (secondary N) is 1. The Balaban J connectivity index is 1.92. The first-order valence-corrected chi connectivity index (χ1v) is 8.32. The number of aryl methyl sites for hydroxylation is 1. The first-order valence-electron chi connectivity index (χ1n) is 8.32. The molecule has 1 fully saturated rings. The van der Waals surface area contributed by atoms with Crippen LogP contribution in [0.5, 0.6) is 0 Å². The molecule has 20 heavy (non-hydrogen) atoms. The van der Waals surface area contributed by atoms with Gasteiger partial charge in [0.15, 0.2) is 0 Å². The molecule has 0 aliphatic heterocycles. The topological polar surface area (TPSA) is 29.9 Å². The molecule has 1 aliphatic carbocycles. The lowest BCUT2D eigenvalue weighted by atomic mass is 9.74. The second-order valence-corrected chi connectivity index (χ2v) is 6.77. The molecule has 2 rings (SSSR count). The fourth-order valence-corrected chi connectivity index (χ4v) is 3.68. The predicted molar refractivity (Wildman–Crippen MR) is 84.7 cm³/mol. The highest BCUT2D eigenvalue weighted by Crippen LogP contribution is 2.35. The van der Waals surface area contributed by atoms with Crippen LogP contribution in [0.1, 0.15) is 52.1 Å². The SMILES string of the molecule is CCNC(Cc1ccn(C)n1)C1CCC(C(C)C)CC1. The van der Waals surface area contributed by atoms with Crippen LogP contribution in [0.4, 0.5) is 0 Å². The highest BCUT2D eigenvalue weighted by Gasteiger charge is 2.28. The summed E-state index contributed by atoms with van der Waals surface area (Å²) < 4.78 is 1.91. The summed E-state index contributed by atoms with van der Waals surface area (Å²) in [5, 5.41) is 8.25. The standard InChI is InChI=1S/C17H31N3/c1-5-18-17(12-16-10-11-20(4)19-16)15-8-6-14(7-9-15)13(2)3/h10-11,13-15,17-18H,5-9,12H2,1-4H3. The van der Waals surface area contributed by atoms with Gasteiger partial charge in [-0.1, -0.05) is 20.8 Å². The van der Waals surface area contributed by atoms with Crippen molar-refractivity contribution in [3.05, 3.63) is 18.0 Å². The highest BCUT2D eigenvalue weighted by molar-refractivity contribution is 5.02. The first kappa shape index (κ1) is 15.6. The van der Waals surface area contributed by atoms with E-state index in [1.165, 1.54) is 31.4 Å². The third kappa shape index (κ3) is 4.08. The predicted octanol–water partition coefficient (Wildman–Crippen LogP) is 3.40. The van der Waals surface area contributed by atoms with E-state index in [1.54, 1.807) is 0 Å². The summed E-state index contributed by atoms with van der Waals surface area (Å²) in [6, 6.07) is 2.76. The van der Waals surface area contributed by atoms with Crippen LogP contribution in [0.15, 0.2) is 12.3 Å². The molecule has 0 spiro atoms. The van der Waals surface area contributed by atoms with Crippen molar-refractivity contribution in [2.75, 3.05) is 6.54 Å². The third-order valence-electron chi connectivity index (χ3n) is 4.99. The molecular weight excluding hydrogens is 246 g/mol. The van der Waals surface area contributed by atoms with Gasteiger partial charge < -0.3 is 5.32 Å². The van der Waals surface area contributed by atoms with E-state index in [0.29, 0.717) is 6.04 Å². The molecular formula is C17H31N3. The van der Waals surface area contributed by atoms with Crippen molar-refractivity contribution in [3.63, 3.8) is 0 Å². The van der Waals surface area contributed by atoms with E-state index in [4.69, 9.17) is 0 Å². The van der Waals surface area contributed by atoms with Crippen molar-refractivity contribution in [2.24, 2.45) is 24.8 Å². The maximum atomic E-state index is 4.55. The first-order chi connectivity index (χ1) is 9.60. The largest absolute Gasteiger partial charge is 0.314 e. The molecule has 114 valence electrons. The average Bonchev–Trinajstić information content (AvgIpc) is 2.84. The number of nitrogens with zero attached hydrogens (tertiary/aromatic N) is 2. The Labute approximate surface area is 124 Å². The van der Waals surface area contributed by atoms with E-state index in [1.807, 2.05) is 17.9 Å². The fraction of sp³-hybridized carbons (Fsp3) is 0.824. The molecule has 1 aromatic heterocycles. The number of hydrogen-bond donors (Lipinski definition) is 1. The van der Waals surface area contributed by atoms with Gasteiger partial charge in [-0.15, -0.1) is 0 Å². The summed E-state index contributed by atoms with van der Waals surface area (Å²) in [5.41, 5.74) is 1.23. The maximum absolute atomic E-state index is 4.55. The van der Waals surface area contributed by atoms with E-state index < -0.39 is 0 Å². The zero-order chi connectivity index (χ0) is 14.5. The van der Waals surface area contributed by atoms with Crippen LogP contribution in [0.3, 0.4) is 0 Å². The van der Waals surface area contributed by atoms with Gasteiger partial charge in [-0.3, -0.25) is 4.68 Å². The smallest absolute Gasteiger partial charge is 0.0640 e. The summed E-state index contributed by atoms with van der Waals surface area (Å²) in [6.07, 6.45) is 8.71. The minimum atomic E-state index is 0.600. The molecule has 0 saturated heterocycles. The molecule has 0 amide bonds. The summed E-state index contributed by atoms with van der Waals surface area (Å²) in [5.74, 6) is 2.62. The molecule has 1 aliphatic rings. The number of aromatic nitrogens is 2. The van der Waals surface area contributed by atoms with Crippen LogP contribution in [0.25, 0.3) is 0 Å². The Morgan fingerprint density at radius 1 is 1.25 bits per heavy atom.